The fourth-order valence-corrected chi connectivity index (χ4v) is 5.46. The van der Waals surface area contributed by atoms with Gasteiger partial charge in [-0.3, -0.25) is 4.90 Å². The number of hydrogen-bond acceptors (Lipinski definition) is 4. The minimum atomic E-state index is 0.369. The molecule has 0 radical (unpaired) electrons. The third kappa shape index (κ3) is 4.23. The zero-order chi connectivity index (χ0) is 18.1. The number of aromatic nitrogens is 1. The number of nitrogens with zero attached hydrogens (tertiary/aromatic N) is 2. The number of ether oxygens (including phenoxy) is 1. The van der Waals surface area contributed by atoms with Crippen molar-refractivity contribution in [1.82, 2.24) is 9.88 Å². The number of thiazole rings is 1. The van der Waals surface area contributed by atoms with E-state index in [2.05, 4.69) is 43.9 Å². The van der Waals surface area contributed by atoms with Gasteiger partial charge in [-0.25, -0.2) is 4.98 Å². The summed E-state index contributed by atoms with van der Waals surface area (Å²) in [6.45, 7) is 10.6. The minimum Gasteiger partial charge on any atom is -0.490 e. The highest BCUT2D eigenvalue weighted by molar-refractivity contribution is 7.18. The van der Waals surface area contributed by atoms with Crippen LogP contribution in [0, 0.1) is 11.3 Å². The molecule has 0 unspecified atom stereocenters. The predicted octanol–water partition coefficient (Wildman–Crippen LogP) is 5.88. The summed E-state index contributed by atoms with van der Waals surface area (Å²) >= 11 is 1.83. The molecule has 1 saturated heterocycles. The lowest BCUT2D eigenvalue weighted by molar-refractivity contribution is 0.0883. The number of hydrogen-bond donors (Lipinski definition) is 0. The summed E-state index contributed by atoms with van der Waals surface area (Å²) in [7, 11) is 0. The summed E-state index contributed by atoms with van der Waals surface area (Å²) in [6.07, 6.45) is 7.96. The van der Waals surface area contributed by atoms with Crippen molar-refractivity contribution in [3.05, 3.63) is 23.2 Å². The Labute approximate surface area is 161 Å². The summed E-state index contributed by atoms with van der Waals surface area (Å²) in [5.41, 5.74) is 1.53. The van der Waals surface area contributed by atoms with Crippen LogP contribution in [0.15, 0.2) is 18.2 Å². The van der Waals surface area contributed by atoms with E-state index in [9.17, 15) is 0 Å². The summed E-state index contributed by atoms with van der Waals surface area (Å²) < 4.78 is 7.60. The van der Waals surface area contributed by atoms with Crippen LogP contribution in [0.5, 0.6) is 5.75 Å². The SMILES string of the molecule is CC(C)(C)C1CCC(Oc2ccc3sc(CN4CCCC4)nc3c2)CC1. The Morgan fingerprint density at radius 3 is 2.54 bits per heavy atom. The Balaban J connectivity index is 1.38. The van der Waals surface area contributed by atoms with Crippen molar-refractivity contribution in [2.24, 2.45) is 11.3 Å². The lowest BCUT2D eigenvalue weighted by Gasteiger charge is -2.36. The topological polar surface area (TPSA) is 25.4 Å². The van der Waals surface area contributed by atoms with Crippen molar-refractivity contribution in [2.75, 3.05) is 13.1 Å². The Morgan fingerprint density at radius 2 is 1.85 bits per heavy atom. The first-order valence-electron chi connectivity index (χ1n) is 10.3. The van der Waals surface area contributed by atoms with E-state index in [0.29, 0.717) is 11.5 Å². The molecule has 1 aliphatic heterocycles. The van der Waals surface area contributed by atoms with Gasteiger partial charge in [0.25, 0.3) is 0 Å². The van der Waals surface area contributed by atoms with Crippen molar-refractivity contribution < 1.29 is 4.74 Å². The maximum absolute atomic E-state index is 6.32. The highest BCUT2D eigenvalue weighted by Gasteiger charge is 2.30. The van der Waals surface area contributed by atoms with Gasteiger partial charge in [0.15, 0.2) is 0 Å². The van der Waals surface area contributed by atoms with Crippen molar-refractivity contribution in [3.63, 3.8) is 0 Å². The van der Waals surface area contributed by atoms with Gasteiger partial charge in [0, 0.05) is 6.07 Å². The predicted molar refractivity (Wildman–Crippen MR) is 110 cm³/mol. The Morgan fingerprint density at radius 1 is 1.12 bits per heavy atom. The van der Waals surface area contributed by atoms with E-state index in [1.54, 1.807) is 0 Å². The van der Waals surface area contributed by atoms with Crippen molar-refractivity contribution in [2.45, 2.75) is 71.9 Å². The number of benzene rings is 1. The Kier molecular flexibility index (Phi) is 5.24. The van der Waals surface area contributed by atoms with Gasteiger partial charge >= 0.3 is 0 Å². The van der Waals surface area contributed by atoms with Crippen LogP contribution in [0.1, 0.15) is 64.3 Å². The Hall–Kier alpha value is -1.13. The first kappa shape index (κ1) is 18.2. The van der Waals surface area contributed by atoms with E-state index in [-0.39, 0.29) is 0 Å². The molecule has 0 spiro atoms. The average molecular weight is 373 g/mol. The molecule has 1 saturated carbocycles. The molecule has 26 heavy (non-hydrogen) atoms. The van der Waals surface area contributed by atoms with Crippen LogP contribution in [-0.4, -0.2) is 29.1 Å². The fourth-order valence-electron chi connectivity index (χ4n) is 4.47. The van der Waals surface area contributed by atoms with E-state index in [4.69, 9.17) is 9.72 Å². The maximum atomic E-state index is 6.32. The lowest BCUT2D eigenvalue weighted by Crippen LogP contribution is -2.30. The van der Waals surface area contributed by atoms with Crippen molar-refractivity contribution in [1.29, 1.82) is 0 Å². The molecule has 1 aliphatic carbocycles. The summed E-state index contributed by atoms with van der Waals surface area (Å²) in [4.78, 5) is 7.39. The molecular weight excluding hydrogens is 340 g/mol. The molecule has 0 atom stereocenters. The summed E-state index contributed by atoms with van der Waals surface area (Å²) in [5, 5.41) is 1.24. The highest BCUT2D eigenvalue weighted by atomic mass is 32.1. The van der Waals surface area contributed by atoms with Crippen molar-refractivity contribution in [3.8, 4) is 5.75 Å². The second kappa shape index (κ2) is 7.47. The third-order valence-electron chi connectivity index (χ3n) is 6.16. The molecular formula is C22H32N2OS. The van der Waals surface area contributed by atoms with Gasteiger partial charge in [-0.2, -0.15) is 0 Å². The van der Waals surface area contributed by atoms with Gasteiger partial charge in [0.05, 0.1) is 22.9 Å². The first-order chi connectivity index (χ1) is 12.5. The second-order valence-corrected chi connectivity index (χ2v) is 10.3. The summed E-state index contributed by atoms with van der Waals surface area (Å²) in [5.74, 6) is 1.83. The lowest BCUT2D eigenvalue weighted by atomic mass is 9.72. The molecule has 0 amide bonds. The molecule has 0 bridgehead atoms. The van der Waals surface area contributed by atoms with Gasteiger partial charge in [-0.05, 0) is 75.1 Å². The molecule has 1 aromatic heterocycles. The van der Waals surface area contributed by atoms with Crippen LogP contribution in [0.25, 0.3) is 10.2 Å². The molecule has 2 aliphatic rings. The number of rotatable bonds is 4. The van der Waals surface area contributed by atoms with Gasteiger partial charge < -0.3 is 4.74 Å². The molecule has 4 rings (SSSR count). The number of likely N-dealkylation sites (tertiary alicyclic amines) is 1. The van der Waals surface area contributed by atoms with Gasteiger partial charge in [-0.1, -0.05) is 20.8 Å². The van der Waals surface area contributed by atoms with Crippen LogP contribution in [0.3, 0.4) is 0 Å². The van der Waals surface area contributed by atoms with E-state index < -0.39 is 0 Å². The molecule has 3 nitrogen and oxygen atoms in total. The molecule has 0 N–H and O–H groups in total. The zero-order valence-electron chi connectivity index (χ0n) is 16.5. The van der Waals surface area contributed by atoms with Crippen LogP contribution >= 0.6 is 11.3 Å². The third-order valence-corrected chi connectivity index (χ3v) is 7.18. The highest BCUT2D eigenvalue weighted by Crippen LogP contribution is 2.39. The summed E-state index contributed by atoms with van der Waals surface area (Å²) in [6, 6.07) is 6.47. The number of fused-ring (bicyclic) bond motifs is 1. The molecule has 142 valence electrons. The van der Waals surface area contributed by atoms with Gasteiger partial charge in [-0.15, -0.1) is 11.3 Å². The maximum Gasteiger partial charge on any atom is 0.121 e. The molecule has 2 fully saturated rings. The molecule has 2 aromatic rings. The van der Waals surface area contributed by atoms with Crippen LogP contribution in [0.4, 0.5) is 0 Å². The van der Waals surface area contributed by atoms with Crippen LogP contribution in [0.2, 0.25) is 0 Å². The van der Waals surface area contributed by atoms with Gasteiger partial charge in [0.2, 0.25) is 0 Å². The van der Waals surface area contributed by atoms with Crippen molar-refractivity contribution >= 4 is 21.6 Å². The standard InChI is InChI=1S/C22H32N2OS/c1-22(2,3)16-6-8-17(9-7-16)25-18-10-11-20-19(14-18)23-21(26-20)15-24-12-4-5-13-24/h10-11,14,16-17H,4-9,12-13,15H2,1-3H3. The van der Waals surface area contributed by atoms with E-state index in [0.717, 1.165) is 23.7 Å². The van der Waals surface area contributed by atoms with E-state index >= 15 is 0 Å². The zero-order valence-corrected chi connectivity index (χ0v) is 17.3. The Bertz CT molecular complexity index is 734. The second-order valence-electron chi connectivity index (χ2n) is 9.18. The van der Waals surface area contributed by atoms with Crippen LogP contribution in [-0.2, 0) is 6.54 Å². The van der Waals surface area contributed by atoms with E-state index in [1.807, 2.05) is 11.3 Å². The molecule has 4 heteroatoms. The van der Waals surface area contributed by atoms with Gasteiger partial charge in [0.1, 0.15) is 10.8 Å². The van der Waals surface area contributed by atoms with E-state index in [1.165, 1.54) is 61.3 Å². The minimum absolute atomic E-state index is 0.369. The quantitative estimate of drug-likeness (QED) is 0.670. The monoisotopic (exact) mass is 372 g/mol. The normalized spacial score (nSPS) is 25.0. The smallest absolute Gasteiger partial charge is 0.121 e. The fraction of sp³-hybridized carbons (Fsp3) is 0.682. The molecule has 1 aromatic carbocycles. The molecule has 2 heterocycles. The van der Waals surface area contributed by atoms with Crippen LogP contribution < -0.4 is 4.74 Å². The first-order valence-corrected chi connectivity index (χ1v) is 11.1. The largest absolute Gasteiger partial charge is 0.490 e. The average Bonchev–Trinajstić information content (AvgIpc) is 3.23.